The Bertz CT molecular complexity index is 265. The van der Waals surface area contributed by atoms with Crippen LogP contribution in [-0.4, -0.2) is 53.4 Å². The lowest BCUT2D eigenvalue weighted by Crippen LogP contribution is -2.47. The van der Waals surface area contributed by atoms with Crippen LogP contribution in [0.5, 0.6) is 0 Å². The van der Waals surface area contributed by atoms with Gasteiger partial charge in [0.15, 0.2) is 0 Å². The van der Waals surface area contributed by atoms with Gasteiger partial charge in [0.05, 0.1) is 0 Å². The molecule has 0 saturated carbocycles. The first-order valence-corrected chi connectivity index (χ1v) is 6.02. The highest BCUT2D eigenvalue weighted by Crippen LogP contribution is 2.26. The SMILES string of the molecule is CN[C@H]1CN[C@](CCCCB(O)O)(C(=O)O)C1. The predicted octanol–water partition coefficient (Wildman–Crippen LogP) is -0.966. The normalized spacial score (nSPS) is 28.3. The van der Waals surface area contributed by atoms with E-state index < -0.39 is 18.6 Å². The van der Waals surface area contributed by atoms with Crippen LogP contribution in [0.3, 0.4) is 0 Å². The average Bonchev–Trinajstić information content (AvgIpc) is 2.69. The van der Waals surface area contributed by atoms with Crippen molar-refractivity contribution in [3.63, 3.8) is 0 Å². The summed E-state index contributed by atoms with van der Waals surface area (Å²) in [6.45, 7) is 0.658. The van der Waals surface area contributed by atoms with E-state index in [0.717, 1.165) is 0 Å². The lowest BCUT2D eigenvalue weighted by atomic mass is 9.81. The number of likely N-dealkylation sites (N-methyl/N-ethyl adjacent to an activating group) is 1. The zero-order valence-electron chi connectivity index (χ0n) is 10.1. The van der Waals surface area contributed by atoms with Crippen molar-refractivity contribution >= 4 is 13.1 Å². The van der Waals surface area contributed by atoms with E-state index in [1.807, 2.05) is 7.05 Å². The van der Waals surface area contributed by atoms with E-state index in [1.165, 1.54) is 0 Å². The molecule has 0 aromatic rings. The van der Waals surface area contributed by atoms with Gasteiger partial charge in [-0.15, -0.1) is 0 Å². The monoisotopic (exact) mass is 244 g/mol. The Kier molecular flexibility index (Phi) is 5.39. The standard InChI is InChI=1S/C10H21BN2O4/c1-12-8-6-10(9(14)15,13-7-8)4-2-3-5-11(16)17/h8,12-13,16-17H,2-7H2,1H3,(H,14,15)/t8-,10+/m1/s1. The van der Waals surface area contributed by atoms with Gasteiger partial charge < -0.3 is 25.8 Å². The summed E-state index contributed by atoms with van der Waals surface area (Å²) in [6.07, 6.45) is 2.69. The molecule has 1 rings (SSSR count). The van der Waals surface area contributed by atoms with E-state index in [2.05, 4.69) is 10.6 Å². The minimum Gasteiger partial charge on any atom is -0.480 e. The van der Waals surface area contributed by atoms with Gasteiger partial charge in [-0.25, -0.2) is 0 Å². The molecular weight excluding hydrogens is 223 g/mol. The first kappa shape index (κ1) is 14.4. The zero-order chi connectivity index (χ0) is 12.9. The van der Waals surface area contributed by atoms with Gasteiger partial charge in [0.2, 0.25) is 0 Å². The van der Waals surface area contributed by atoms with Crippen molar-refractivity contribution in [1.29, 1.82) is 0 Å². The number of unbranched alkanes of at least 4 members (excludes halogenated alkanes) is 1. The van der Waals surface area contributed by atoms with Crippen LogP contribution in [0.15, 0.2) is 0 Å². The first-order chi connectivity index (χ1) is 8.00. The van der Waals surface area contributed by atoms with Crippen molar-refractivity contribution in [2.75, 3.05) is 13.6 Å². The number of carboxylic acids is 1. The third-order valence-electron chi connectivity index (χ3n) is 3.42. The Hall–Kier alpha value is -0.625. The molecule has 98 valence electrons. The second-order valence-electron chi connectivity index (χ2n) is 4.68. The Labute approximate surface area is 102 Å². The molecule has 0 aromatic heterocycles. The van der Waals surface area contributed by atoms with Gasteiger partial charge in [-0.1, -0.05) is 12.8 Å². The second-order valence-corrected chi connectivity index (χ2v) is 4.68. The smallest absolute Gasteiger partial charge is 0.451 e. The Balaban J connectivity index is 2.42. The molecule has 1 aliphatic rings. The summed E-state index contributed by atoms with van der Waals surface area (Å²) in [5.74, 6) is -0.820. The molecule has 0 aromatic carbocycles. The fourth-order valence-electron chi connectivity index (χ4n) is 2.30. The van der Waals surface area contributed by atoms with E-state index in [-0.39, 0.29) is 6.04 Å². The van der Waals surface area contributed by atoms with Gasteiger partial charge in [0, 0.05) is 12.6 Å². The van der Waals surface area contributed by atoms with Gasteiger partial charge in [-0.3, -0.25) is 4.79 Å². The molecule has 0 spiro atoms. The maximum atomic E-state index is 11.3. The summed E-state index contributed by atoms with van der Waals surface area (Å²) in [5.41, 5.74) is -0.853. The number of carbonyl (C=O) groups is 1. The van der Waals surface area contributed by atoms with Gasteiger partial charge in [0.1, 0.15) is 5.54 Å². The van der Waals surface area contributed by atoms with E-state index in [4.69, 9.17) is 10.0 Å². The third-order valence-corrected chi connectivity index (χ3v) is 3.42. The Morgan fingerprint density at radius 2 is 2.24 bits per heavy atom. The fraction of sp³-hybridized carbons (Fsp3) is 0.900. The maximum absolute atomic E-state index is 11.3. The van der Waals surface area contributed by atoms with E-state index in [1.54, 1.807) is 0 Å². The number of hydrogen-bond acceptors (Lipinski definition) is 5. The Morgan fingerprint density at radius 1 is 1.53 bits per heavy atom. The molecule has 1 aliphatic heterocycles. The third kappa shape index (κ3) is 3.95. The highest BCUT2D eigenvalue weighted by atomic mass is 16.4. The largest absolute Gasteiger partial charge is 0.480 e. The lowest BCUT2D eigenvalue weighted by Gasteiger charge is -2.24. The van der Waals surface area contributed by atoms with Crippen molar-refractivity contribution < 1.29 is 19.9 Å². The van der Waals surface area contributed by atoms with Crippen LogP contribution in [0.4, 0.5) is 0 Å². The number of aliphatic carboxylic acids is 1. The molecule has 7 heteroatoms. The van der Waals surface area contributed by atoms with Gasteiger partial charge in [-0.2, -0.15) is 0 Å². The van der Waals surface area contributed by atoms with Crippen LogP contribution in [0.2, 0.25) is 6.32 Å². The van der Waals surface area contributed by atoms with Crippen LogP contribution in [-0.2, 0) is 4.79 Å². The van der Waals surface area contributed by atoms with Crippen LogP contribution >= 0.6 is 0 Å². The summed E-state index contributed by atoms with van der Waals surface area (Å²) >= 11 is 0. The maximum Gasteiger partial charge on any atom is 0.451 e. The topological polar surface area (TPSA) is 102 Å². The van der Waals surface area contributed by atoms with Crippen LogP contribution in [0.25, 0.3) is 0 Å². The van der Waals surface area contributed by atoms with E-state index in [9.17, 15) is 9.90 Å². The predicted molar refractivity (Wildman–Crippen MR) is 64.7 cm³/mol. The van der Waals surface area contributed by atoms with Crippen molar-refractivity contribution in [1.82, 2.24) is 10.6 Å². The van der Waals surface area contributed by atoms with Crippen molar-refractivity contribution in [3.8, 4) is 0 Å². The van der Waals surface area contributed by atoms with Crippen molar-refractivity contribution in [2.24, 2.45) is 0 Å². The van der Waals surface area contributed by atoms with Crippen LogP contribution < -0.4 is 10.6 Å². The van der Waals surface area contributed by atoms with Crippen LogP contribution in [0, 0.1) is 0 Å². The van der Waals surface area contributed by atoms with E-state index >= 15 is 0 Å². The molecule has 0 amide bonds. The van der Waals surface area contributed by atoms with Gasteiger partial charge >= 0.3 is 13.1 Å². The fourth-order valence-corrected chi connectivity index (χ4v) is 2.30. The molecule has 0 aliphatic carbocycles. The summed E-state index contributed by atoms with van der Waals surface area (Å²) in [5, 5.41) is 32.9. The molecule has 6 nitrogen and oxygen atoms in total. The molecule has 5 N–H and O–H groups in total. The number of hydrogen-bond donors (Lipinski definition) is 5. The molecule has 1 saturated heterocycles. The quantitative estimate of drug-likeness (QED) is 0.292. The summed E-state index contributed by atoms with van der Waals surface area (Å²) in [7, 11) is 0.532. The summed E-state index contributed by atoms with van der Waals surface area (Å²) in [6, 6.07) is 0.189. The average molecular weight is 244 g/mol. The number of carboxylic acid groups (broad SMARTS) is 1. The molecule has 0 radical (unpaired) electrons. The minimum atomic E-state index is -1.29. The van der Waals surface area contributed by atoms with Gasteiger partial charge in [0.25, 0.3) is 0 Å². The van der Waals surface area contributed by atoms with Crippen molar-refractivity contribution in [2.45, 2.75) is 43.6 Å². The summed E-state index contributed by atoms with van der Waals surface area (Å²) < 4.78 is 0. The highest BCUT2D eigenvalue weighted by Gasteiger charge is 2.44. The number of nitrogens with one attached hydrogen (secondary N) is 2. The highest BCUT2D eigenvalue weighted by molar-refractivity contribution is 6.40. The number of rotatable bonds is 7. The molecular formula is C10H21BN2O4. The minimum absolute atomic E-state index is 0.189. The first-order valence-electron chi connectivity index (χ1n) is 6.02. The second kappa shape index (κ2) is 6.35. The van der Waals surface area contributed by atoms with Gasteiger partial charge in [-0.05, 0) is 26.2 Å². The zero-order valence-corrected chi connectivity index (χ0v) is 10.1. The molecule has 0 bridgehead atoms. The van der Waals surface area contributed by atoms with Crippen molar-refractivity contribution in [3.05, 3.63) is 0 Å². The molecule has 0 unspecified atom stereocenters. The lowest BCUT2D eigenvalue weighted by molar-refractivity contribution is -0.144. The molecule has 1 heterocycles. The molecule has 2 atom stereocenters. The Morgan fingerprint density at radius 3 is 2.71 bits per heavy atom. The van der Waals surface area contributed by atoms with E-state index in [0.29, 0.717) is 38.5 Å². The molecule has 17 heavy (non-hydrogen) atoms. The molecule has 1 fully saturated rings. The van der Waals surface area contributed by atoms with Crippen LogP contribution in [0.1, 0.15) is 25.7 Å². The summed E-state index contributed by atoms with van der Waals surface area (Å²) in [4.78, 5) is 11.3.